The smallest absolute Gasteiger partial charge is 0.137 e. The van der Waals surface area contributed by atoms with E-state index in [1.54, 1.807) is 0 Å². The summed E-state index contributed by atoms with van der Waals surface area (Å²) < 4.78 is 19.7. The maximum absolute atomic E-state index is 12.3. The molecule has 0 spiro atoms. The number of furan rings is 2. The molecule has 5 aromatic heterocycles. The van der Waals surface area contributed by atoms with Gasteiger partial charge in [0, 0.05) is 54.0 Å². The van der Waals surface area contributed by atoms with E-state index < -0.39 is 0 Å². The zero-order valence-corrected chi connectivity index (χ0v) is 36.6. The molecule has 10 aromatic carbocycles. The Morgan fingerprint density at radius 2 is 0.710 bits per heavy atom. The predicted molar refractivity (Wildman–Crippen MR) is 279 cm³/mol. The van der Waals surface area contributed by atoms with Crippen LogP contribution < -0.4 is 0 Å². The standard InChI is InChI=1S/C62H33N5O2/c63-34-46-59(67-52-26-12-5-19-41(52)43-30-32-56-58(60(43)67)44-21-7-14-28-54(44)69-56)47(35-64)62(66-50-24-10-3-17-39(50)40-18-4-11-25-51(40)66)57(36-29-31-55-45(33-36)42-20-6-13-27-53(42)68-55)61(46)65-48-22-8-1-15-37(48)38-16-2-9-23-49(38)65/h1-33H. The maximum Gasteiger partial charge on any atom is 0.137 e. The van der Waals surface area contributed by atoms with E-state index in [2.05, 4.69) is 165 Å². The second kappa shape index (κ2) is 13.9. The second-order valence-corrected chi connectivity index (χ2v) is 17.7. The molecule has 15 aromatic rings. The van der Waals surface area contributed by atoms with Crippen molar-refractivity contribution in [3.8, 4) is 40.3 Å². The summed E-state index contributed by atoms with van der Waals surface area (Å²) in [7, 11) is 0. The van der Waals surface area contributed by atoms with Crippen LogP contribution in [0.25, 0.3) is 137 Å². The first-order valence-corrected chi connectivity index (χ1v) is 23.0. The summed E-state index contributed by atoms with van der Waals surface area (Å²) in [6.07, 6.45) is 0. The van der Waals surface area contributed by atoms with Gasteiger partial charge in [-0.15, -0.1) is 0 Å². The van der Waals surface area contributed by atoms with Crippen molar-refractivity contribution in [3.63, 3.8) is 0 Å². The van der Waals surface area contributed by atoms with Gasteiger partial charge in [-0.2, -0.15) is 10.5 Å². The minimum Gasteiger partial charge on any atom is -0.456 e. The lowest BCUT2D eigenvalue weighted by Crippen LogP contribution is -2.14. The van der Waals surface area contributed by atoms with E-state index in [1.165, 1.54) is 0 Å². The average Bonchev–Trinajstić information content (AvgIpc) is 4.21. The van der Waals surface area contributed by atoms with Gasteiger partial charge >= 0.3 is 0 Å². The summed E-state index contributed by atoms with van der Waals surface area (Å²) in [5, 5.41) is 34.6. The van der Waals surface area contributed by atoms with Crippen molar-refractivity contribution in [2.75, 3.05) is 0 Å². The maximum atomic E-state index is 12.3. The third-order valence-electron chi connectivity index (χ3n) is 14.3. The Hall–Kier alpha value is -9.82. The number of rotatable bonds is 4. The van der Waals surface area contributed by atoms with E-state index in [0.717, 1.165) is 115 Å². The zero-order valence-electron chi connectivity index (χ0n) is 36.6. The van der Waals surface area contributed by atoms with E-state index in [9.17, 15) is 10.5 Å². The monoisotopic (exact) mass is 879 g/mol. The van der Waals surface area contributed by atoms with Crippen LogP contribution in [-0.4, -0.2) is 13.7 Å². The minimum absolute atomic E-state index is 0.349. The van der Waals surface area contributed by atoms with E-state index >= 15 is 0 Å². The lowest BCUT2D eigenvalue weighted by Gasteiger charge is -2.26. The first-order chi connectivity index (χ1) is 34.2. The van der Waals surface area contributed by atoms with Crippen LogP contribution >= 0.6 is 0 Å². The fourth-order valence-corrected chi connectivity index (χ4v) is 11.6. The van der Waals surface area contributed by atoms with Crippen LogP contribution in [0.2, 0.25) is 0 Å². The highest BCUT2D eigenvalue weighted by Crippen LogP contribution is 2.50. The van der Waals surface area contributed by atoms with Crippen LogP contribution in [0.4, 0.5) is 0 Å². The Labute approximate surface area is 392 Å². The molecule has 0 unspecified atom stereocenters. The molecule has 0 N–H and O–H groups in total. The normalized spacial score (nSPS) is 12.0. The van der Waals surface area contributed by atoms with Crippen LogP contribution in [0, 0.1) is 22.7 Å². The van der Waals surface area contributed by atoms with E-state index in [-0.39, 0.29) is 0 Å². The van der Waals surface area contributed by atoms with E-state index in [0.29, 0.717) is 33.8 Å². The van der Waals surface area contributed by atoms with Gasteiger partial charge in [0.1, 0.15) is 45.6 Å². The summed E-state index contributed by atoms with van der Waals surface area (Å²) in [4.78, 5) is 0. The average molecular weight is 880 g/mol. The van der Waals surface area contributed by atoms with Crippen LogP contribution in [0.5, 0.6) is 0 Å². The van der Waals surface area contributed by atoms with Crippen molar-refractivity contribution in [2.24, 2.45) is 0 Å². The molecule has 0 aliphatic heterocycles. The first kappa shape index (κ1) is 37.4. The van der Waals surface area contributed by atoms with E-state index in [4.69, 9.17) is 8.83 Å². The third kappa shape index (κ3) is 4.92. The van der Waals surface area contributed by atoms with Crippen LogP contribution in [0.1, 0.15) is 11.1 Å². The molecule has 0 amide bonds. The molecule has 318 valence electrons. The molecule has 0 bridgehead atoms. The lowest BCUT2D eigenvalue weighted by molar-refractivity contribution is 0.668. The molecule has 5 heterocycles. The molecular formula is C62H33N5O2. The fourth-order valence-electron chi connectivity index (χ4n) is 11.6. The third-order valence-corrected chi connectivity index (χ3v) is 14.3. The van der Waals surface area contributed by atoms with Gasteiger partial charge in [-0.05, 0) is 72.3 Å². The summed E-state index contributed by atoms with van der Waals surface area (Å²) in [6, 6.07) is 74.2. The summed E-state index contributed by atoms with van der Waals surface area (Å²) >= 11 is 0. The molecule has 69 heavy (non-hydrogen) atoms. The summed E-state index contributed by atoms with van der Waals surface area (Å²) in [5.41, 5.74) is 12.5. The molecule has 0 saturated heterocycles. The fraction of sp³-hybridized carbons (Fsp3) is 0. The zero-order chi connectivity index (χ0) is 45.5. The topological polar surface area (TPSA) is 88.6 Å². The van der Waals surface area contributed by atoms with Crippen molar-refractivity contribution in [2.45, 2.75) is 0 Å². The summed E-state index contributed by atoms with van der Waals surface area (Å²) in [5.74, 6) is 0. The van der Waals surface area contributed by atoms with Crippen molar-refractivity contribution < 1.29 is 8.83 Å². The summed E-state index contributed by atoms with van der Waals surface area (Å²) in [6.45, 7) is 0. The largest absolute Gasteiger partial charge is 0.456 e. The number of aromatic nitrogens is 3. The molecule has 0 aliphatic carbocycles. The number of para-hydroxylation sites is 7. The Kier molecular flexibility index (Phi) is 7.51. The van der Waals surface area contributed by atoms with Crippen LogP contribution in [-0.2, 0) is 0 Å². The Bertz CT molecular complexity index is 4570. The lowest BCUT2D eigenvalue weighted by atomic mass is 9.90. The predicted octanol–water partition coefficient (Wildman–Crippen LogP) is 16.2. The Morgan fingerprint density at radius 1 is 0.319 bits per heavy atom. The van der Waals surface area contributed by atoms with Gasteiger partial charge in [0.25, 0.3) is 0 Å². The van der Waals surface area contributed by atoms with Crippen molar-refractivity contribution in [3.05, 3.63) is 211 Å². The number of fused-ring (bicyclic) bond motifs is 16. The quantitative estimate of drug-likeness (QED) is 0.176. The Morgan fingerprint density at radius 3 is 1.23 bits per heavy atom. The number of benzene rings is 10. The van der Waals surface area contributed by atoms with Crippen LogP contribution in [0.15, 0.2) is 209 Å². The van der Waals surface area contributed by atoms with Gasteiger partial charge < -0.3 is 22.5 Å². The van der Waals surface area contributed by atoms with Gasteiger partial charge in [-0.1, -0.05) is 133 Å². The minimum atomic E-state index is 0.349. The highest BCUT2D eigenvalue weighted by Gasteiger charge is 2.34. The second-order valence-electron chi connectivity index (χ2n) is 17.7. The van der Waals surface area contributed by atoms with Gasteiger partial charge in [-0.25, -0.2) is 0 Å². The van der Waals surface area contributed by atoms with Crippen molar-refractivity contribution in [1.29, 1.82) is 10.5 Å². The number of nitriles is 2. The first-order valence-electron chi connectivity index (χ1n) is 23.0. The van der Waals surface area contributed by atoms with Gasteiger partial charge in [0.05, 0.1) is 55.5 Å². The number of hydrogen-bond donors (Lipinski definition) is 0. The van der Waals surface area contributed by atoms with Gasteiger partial charge in [0.2, 0.25) is 0 Å². The Balaban J connectivity index is 1.26. The molecule has 7 nitrogen and oxygen atoms in total. The molecule has 15 rings (SSSR count). The van der Waals surface area contributed by atoms with Crippen LogP contribution in [0.3, 0.4) is 0 Å². The molecule has 0 aliphatic rings. The van der Waals surface area contributed by atoms with Crippen molar-refractivity contribution in [1.82, 2.24) is 13.7 Å². The molecule has 0 radical (unpaired) electrons. The SMILES string of the molecule is N#Cc1c(-n2c3ccccc3c3ccccc32)c(-c2ccc3oc4ccccc4c3c2)c(-n2c3ccccc3c3ccccc32)c(C#N)c1-n1c2ccccc2c2ccc3oc4ccccc4c3c21. The molecule has 0 atom stereocenters. The van der Waals surface area contributed by atoms with Crippen molar-refractivity contribution >= 4 is 109 Å². The molecule has 0 saturated carbocycles. The number of hydrogen-bond acceptors (Lipinski definition) is 4. The molecule has 0 fully saturated rings. The van der Waals surface area contributed by atoms with E-state index in [1.807, 2.05) is 60.7 Å². The number of nitrogens with zero attached hydrogens (tertiary/aromatic N) is 5. The molecule has 7 heteroatoms. The molecular weight excluding hydrogens is 847 g/mol. The highest BCUT2D eigenvalue weighted by molar-refractivity contribution is 6.25. The highest BCUT2D eigenvalue weighted by atomic mass is 16.3. The van der Waals surface area contributed by atoms with Gasteiger partial charge in [0.15, 0.2) is 0 Å². The van der Waals surface area contributed by atoms with Gasteiger partial charge in [-0.3, -0.25) is 0 Å².